The average Bonchev–Trinajstić information content (AvgIpc) is 3.64. The first-order valence-electron chi connectivity index (χ1n) is 9.96. The normalized spacial score (nSPS) is 13.1. The van der Waals surface area contributed by atoms with Gasteiger partial charge in [0.25, 0.3) is 0 Å². The molecular formula is C24H16N4S4. The van der Waals surface area contributed by atoms with Crippen molar-refractivity contribution in [3.63, 3.8) is 0 Å². The fourth-order valence-electron chi connectivity index (χ4n) is 3.71. The van der Waals surface area contributed by atoms with E-state index in [1.807, 2.05) is 30.1 Å². The fourth-order valence-corrected chi connectivity index (χ4v) is 7.57. The van der Waals surface area contributed by atoms with Crippen molar-refractivity contribution in [2.24, 2.45) is 15.4 Å². The molecule has 2 aliphatic rings. The van der Waals surface area contributed by atoms with E-state index in [0.29, 0.717) is 0 Å². The van der Waals surface area contributed by atoms with Crippen molar-refractivity contribution in [3.8, 4) is 0 Å². The average molecular weight is 489 g/mol. The molecule has 6 heterocycles. The molecule has 6 aromatic rings. The first kappa shape index (κ1) is 19.9. The highest BCUT2D eigenvalue weighted by Gasteiger charge is 2.19. The number of thioether (sulfide) groups is 1. The first-order valence-corrected chi connectivity index (χ1v) is 13.6. The lowest BCUT2D eigenvalue weighted by Gasteiger charge is -1.98. The molecule has 4 aromatic heterocycles. The summed E-state index contributed by atoms with van der Waals surface area (Å²) in [7, 11) is 0. The van der Waals surface area contributed by atoms with E-state index < -0.39 is 0 Å². The molecule has 1 N–H and O–H groups in total. The standard InChI is InChI=1S/C10H5N3S2.C8H7N.C6H4S2/c1-3-14-9-5(1)7-8(12-13-11-7)10-6(9)2-4-15-10;1-2-4-8-7(3-1)5-6-9-8;1-3-7-6-2-4-8-5(1)6/h1-3H,4H2;1-6,9H;1-4H. The number of nitrogens with one attached hydrogen (secondary N) is 1. The predicted octanol–water partition coefficient (Wildman–Crippen LogP) is 7.55. The van der Waals surface area contributed by atoms with Crippen LogP contribution in [0.5, 0.6) is 0 Å². The zero-order valence-electron chi connectivity index (χ0n) is 16.7. The summed E-state index contributed by atoms with van der Waals surface area (Å²) in [5.41, 5.74) is 2.17. The van der Waals surface area contributed by atoms with Crippen LogP contribution in [0.25, 0.3) is 36.5 Å². The van der Waals surface area contributed by atoms with E-state index in [2.05, 4.69) is 79.0 Å². The Balaban J connectivity index is 0.0000000988. The molecule has 0 aliphatic carbocycles. The van der Waals surface area contributed by atoms with E-state index in [-0.39, 0.29) is 0 Å². The quantitative estimate of drug-likeness (QED) is 0.236. The zero-order chi connectivity index (χ0) is 21.3. The van der Waals surface area contributed by atoms with Gasteiger partial charge in [-0.05, 0) is 57.1 Å². The van der Waals surface area contributed by atoms with Crippen LogP contribution in [0.4, 0.5) is 5.69 Å². The molecule has 0 spiro atoms. The van der Waals surface area contributed by atoms with Crippen molar-refractivity contribution < 1.29 is 0 Å². The van der Waals surface area contributed by atoms with Crippen LogP contribution in [0.3, 0.4) is 0 Å². The number of benzene rings is 2. The van der Waals surface area contributed by atoms with E-state index in [9.17, 15) is 0 Å². The maximum Gasteiger partial charge on any atom is 0.130 e. The first-order chi connectivity index (χ1) is 15.9. The highest BCUT2D eigenvalue weighted by molar-refractivity contribution is 8.00. The smallest absolute Gasteiger partial charge is 0.130 e. The summed E-state index contributed by atoms with van der Waals surface area (Å²) < 4.78 is 4.15. The Kier molecular flexibility index (Phi) is 5.36. The second-order valence-corrected chi connectivity index (χ2v) is 10.9. The highest BCUT2D eigenvalue weighted by atomic mass is 32.2. The van der Waals surface area contributed by atoms with Crippen LogP contribution in [0.2, 0.25) is 0 Å². The Morgan fingerprint density at radius 3 is 2.50 bits per heavy atom. The number of hydrogen-bond acceptors (Lipinski definition) is 7. The Hall–Kier alpha value is -2.78. The molecule has 0 atom stereocenters. The summed E-state index contributed by atoms with van der Waals surface area (Å²) in [6, 6.07) is 16.7. The van der Waals surface area contributed by atoms with Crippen molar-refractivity contribution >= 4 is 87.9 Å². The van der Waals surface area contributed by atoms with Crippen LogP contribution in [0.1, 0.15) is 0 Å². The SMILES string of the molecule is C1=c2c(c3c(c4ccsc24)=NN=N3)SC1.c1cc2sccc2s1.c1ccc2[nH]ccc2c1. The third-order valence-electron chi connectivity index (χ3n) is 5.19. The van der Waals surface area contributed by atoms with Crippen LogP contribution in [-0.4, -0.2) is 10.7 Å². The minimum Gasteiger partial charge on any atom is -0.361 e. The number of rotatable bonds is 0. The Morgan fingerprint density at radius 2 is 1.66 bits per heavy atom. The molecule has 32 heavy (non-hydrogen) atoms. The van der Waals surface area contributed by atoms with Gasteiger partial charge >= 0.3 is 0 Å². The summed E-state index contributed by atoms with van der Waals surface area (Å²) in [6.07, 6.45) is 4.22. The van der Waals surface area contributed by atoms with E-state index in [4.69, 9.17) is 0 Å². The van der Waals surface area contributed by atoms with Gasteiger partial charge in [-0.1, -0.05) is 24.3 Å². The van der Waals surface area contributed by atoms with Gasteiger partial charge in [-0.3, -0.25) is 0 Å². The van der Waals surface area contributed by atoms with Crippen LogP contribution in [-0.2, 0) is 0 Å². The number of aromatic nitrogens is 1. The second kappa shape index (κ2) is 8.63. The molecule has 0 fully saturated rings. The summed E-state index contributed by atoms with van der Waals surface area (Å²) in [5, 5.41) is 23.1. The zero-order valence-corrected chi connectivity index (χ0v) is 20.0. The Bertz CT molecular complexity index is 1610. The van der Waals surface area contributed by atoms with E-state index in [1.165, 1.54) is 40.5 Å². The van der Waals surface area contributed by atoms with Crippen molar-refractivity contribution in [3.05, 3.63) is 81.4 Å². The van der Waals surface area contributed by atoms with Gasteiger partial charge in [0.15, 0.2) is 0 Å². The van der Waals surface area contributed by atoms with Gasteiger partial charge in [0.05, 0.1) is 0 Å². The molecule has 0 bridgehead atoms. The predicted molar refractivity (Wildman–Crippen MR) is 140 cm³/mol. The number of fused-ring (bicyclic) bond motifs is 8. The topological polar surface area (TPSA) is 52.9 Å². The lowest BCUT2D eigenvalue weighted by atomic mass is 10.2. The number of aromatic amines is 1. The third-order valence-corrected chi connectivity index (χ3v) is 9.06. The van der Waals surface area contributed by atoms with Crippen molar-refractivity contribution in [1.82, 2.24) is 4.98 Å². The number of hydrogen-bond donors (Lipinski definition) is 1. The Labute approximate surface area is 199 Å². The number of thiophene rings is 3. The van der Waals surface area contributed by atoms with Gasteiger partial charge in [0.2, 0.25) is 0 Å². The van der Waals surface area contributed by atoms with Crippen LogP contribution in [0.15, 0.2) is 91.2 Å². The van der Waals surface area contributed by atoms with Gasteiger partial charge in [-0.25, -0.2) is 0 Å². The van der Waals surface area contributed by atoms with E-state index in [1.54, 1.807) is 34.0 Å². The molecule has 0 saturated carbocycles. The van der Waals surface area contributed by atoms with Gasteiger partial charge in [0.1, 0.15) is 11.0 Å². The number of para-hydroxylation sites is 1. The van der Waals surface area contributed by atoms with Crippen molar-refractivity contribution in [2.45, 2.75) is 4.90 Å². The van der Waals surface area contributed by atoms with Crippen molar-refractivity contribution in [1.29, 1.82) is 0 Å². The van der Waals surface area contributed by atoms with Crippen molar-refractivity contribution in [2.75, 3.05) is 5.75 Å². The molecule has 4 nitrogen and oxygen atoms in total. The second-order valence-electron chi connectivity index (χ2n) is 7.04. The van der Waals surface area contributed by atoms with Gasteiger partial charge in [-0.2, -0.15) is 0 Å². The maximum atomic E-state index is 4.12. The third kappa shape index (κ3) is 3.59. The molecule has 2 aromatic carbocycles. The molecule has 156 valence electrons. The van der Waals surface area contributed by atoms with E-state index in [0.717, 1.165) is 16.8 Å². The lowest BCUT2D eigenvalue weighted by Crippen LogP contribution is -2.10. The largest absolute Gasteiger partial charge is 0.361 e. The van der Waals surface area contributed by atoms with Gasteiger partial charge in [0, 0.05) is 47.1 Å². The molecule has 0 radical (unpaired) electrons. The highest BCUT2D eigenvalue weighted by Crippen LogP contribution is 2.33. The summed E-state index contributed by atoms with van der Waals surface area (Å²) >= 11 is 7.21. The van der Waals surface area contributed by atoms with Gasteiger partial charge < -0.3 is 4.98 Å². The van der Waals surface area contributed by atoms with Crippen LogP contribution >= 0.6 is 45.8 Å². The van der Waals surface area contributed by atoms with Crippen LogP contribution < -0.4 is 10.6 Å². The van der Waals surface area contributed by atoms with Gasteiger partial charge in [-0.15, -0.1) is 56.0 Å². The summed E-state index contributed by atoms with van der Waals surface area (Å²) in [5.74, 6) is 1.04. The summed E-state index contributed by atoms with van der Waals surface area (Å²) in [6.45, 7) is 0. The molecule has 8 rings (SSSR count). The monoisotopic (exact) mass is 488 g/mol. The Morgan fingerprint density at radius 1 is 0.844 bits per heavy atom. The molecule has 8 heteroatoms. The van der Waals surface area contributed by atoms with E-state index >= 15 is 0 Å². The maximum absolute atomic E-state index is 4.12. The summed E-state index contributed by atoms with van der Waals surface area (Å²) in [4.78, 5) is 4.37. The molecule has 0 saturated heterocycles. The lowest BCUT2D eigenvalue weighted by molar-refractivity contribution is 1.08. The minimum absolute atomic E-state index is 0.952. The fraction of sp³-hybridized carbons (Fsp3) is 0.0417. The molecule has 0 amide bonds. The molecular weight excluding hydrogens is 473 g/mol. The number of nitrogens with zero attached hydrogens (tertiary/aromatic N) is 3. The number of H-pyrrole nitrogens is 1. The van der Waals surface area contributed by atoms with Crippen LogP contribution in [0, 0.1) is 0 Å². The molecule has 2 aliphatic heterocycles. The minimum atomic E-state index is 0.952. The molecule has 0 unspecified atom stereocenters.